The first-order valence-corrected chi connectivity index (χ1v) is 11.7. The van der Waals surface area contributed by atoms with Gasteiger partial charge in [-0.2, -0.15) is 8.42 Å². The molecule has 3 aromatic carbocycles. The van der Waals surface area contributed by atoms with Gasteiger partial charge in [-0.05, 0) is 89.1 Å². The van der Waals surface area contributed by atoms with Gasteiger partial charge in [-0.1, -0.05) is 11.6 Å². The van der Waals surface area contributed by atoms with Crippen LogP contribution in [-0.2, 0) is 10.1 Å². The van der Waals surface area contributed by atoms with Crippen molar-refractivity contribution in [1.29, 1.82) is 0 Å². The molecule has 3 rings (SSSR count). The Bertz CT molecular complexity index is 1180. The molecule has 0 aliphatic carbocycles. The van der Waals surface area contributed by atoms with Crippen molar-refractivity contribution in [2.45, 2.75) is 11.8 Å². The summed E-state index contributed by atoms with van der Waals surface area (Å²) >= 11 is 9.22. The van der Waals surface area contributed by atoms with Gasteiger partial charge < -0.3 is 13.7 Å². The lowest BCUT2D eigenvalue weighted by atomic mass is 10.2. The molecule has 0 saturated carbocycles. The van der Waals surface area contributed by atoms with Gasteiger partial charge in [0.15, 0.2) is 11.5 Å². The van der Waals surface area contributed by atoms with Gasteiger partial charge in [0.1, 0.15) is 10.6 Å². The van der Waals surface area contributed by atoms with Gasteiger partial charge in [0.2, 0.25) is 0 Å². The van der Waals surface area contributed by atoms with Gasteiger partial charge in [0, 0.05) is 11.2 Å². The Labute approximate surface area is 194 Å². The number of hydrogen-bond acceptors (Lipinski definition) is 6. The average Bonchev–Trinajstić information content (AvgIpc) is 2.75. The van der Waals surface area contributed by atoms with Crippen LogP contribution in [0, 0.1) is 0 Å². The number of rotatable bonds is 8. The molecule has 0 bridgehead atoms. The summed E-state index contributed by atoms with van der Waals surface area (Å²) in [6.45, 7) is 2.12. The highest BCUT2D eigenvalue weighted by Crippen LogP contribution is 2.38. The van der Waals surface area contributed by atoms with Gasteiger partial charge in [-0.3, -0.25) is 4.99 Å². The molecule has 0 fully saturated rings. The van der Waals surface area contributed by atoms with Crippen molar-refractivity contribution in [2.24, 2.45) is 4.99 Å². The minimum atomic E-state index is -4.08. The molecule has 0 aliphatic rings. The molecule has 0 aliphatic heterocycles. The molecule has 31 heavy (non-hydrogen) atoms. The molecule has 162 valence electrons. The second-order valence-corrected chi connectivity index (χ2v) is 9.05. The quantitative estimate of drug-likeness (QED) is 0.266. The normalized spacial score (nSPS) is 11.5. The van der Waals surface area contributed by atoms with E-state index in [0.717, 1.165) is 11.4 Å². The maximum atomic E-state index is 12.7. The SMILES string of the molecule is CCOc1cc(C=Nc2ccc(OC)cc2)cc(Br)c1OS(=O)(=O)c1ccc(Cl)cc1. The van der Waals surface area contributed by atoms with Gasteiger partial charge in [-0.15, -0.1) is 0 Å². The van der Waals surface area contributed by atoms with Gasteiger partial charge in [0.25, 0.3) is 0 Å². The van der Waals surface area contributed by atoms with Crippen LogP contribution in [0.3, 0.4) is 0 Å². The van der Waals surface area contributed by atoms with Gasteiger partial charge in [-0.25, -0.2) is 0 Å². The van der Waals surface area contributed by atoms with E-state index in [-0.39, 0.29) is 16.4 Å². The van der Waals surface area contributed by atoms with Crippen LogP contribution in [0.5, 0.6) is 17.2 Å². The van der Waals surface area contributed by atoms with Crippen molar-refractivity contribution in [3.05, 3.63) is 75.7 Å². The van der Waals surface area contributed by atoms with Crippen molar-refractivity contribution in [1.82, 2.24) is 0 Å². The molecular formula is C22H19BrClNO5S. The predicted molar refractivity (Wildman–Crippen MR) is 125 cm³/mol. The third kappa shape index (κ3) is 6.00. The highest BCUT2D eigenvalue weighted by molar-refractivity contribution is 9.10. The van der Waals surface area contributed by atoms with E-state index in [1.165, 1.54) is 24.3 Å². The van der Waals surface area contributed by atoms with Crippen molar-refractivity contribution in [3.63, 3.8) is 0 Å². The van der Waals surface area contributed by atoms with E-state index in [2.05, 4.69) is 20.9 Å². The van der Waals surface area contributed by atoms with Crippen LogP contribution in [-0.4, -0.2) is 28.3 Å². The number of hydrogen-bond donors (Lipinski definition) is 0. The summed E-state index contributed by atoms with van der Waals surface area (Å²) in [6.07, 6.45) is 1.65. The summed E-state index contributed by atoms with van der Waals surface area (Å²) in [5, 5.41) is 0.427. The summed E-state index contributed by atoms with van der Waals surface area (Å²) in [5.74, 6) is 1.06. The monoisotopic (exact) mass is 523 g/mol. The Hall–Kier alpha value is -2.55. The summed E-state index contributed by atoms with van der Waals surface area (Å²) in [6, 6.07) is 16.3. The van der Waals surface area contributed by atoms with Crippen molar-refractivity contribution >= 4 is 49.6 Å². The van der Waals surface area contributed by atoms with Crippen molar-refractivity contribution < 1.29 is 22.1 Å². The molecule has 0 unspecified atom stereocenters. The molecule has 0 aromatic heterocycles. The van der Waals surface area contributed by atoms with E-state index < -0.39 is 10.1 Å². The van der Waals surface area contributed by atoms with Crippen molar-refractivity contribution in [3.8, 4) is 17.2 Å². The second-order valence-electron chi connectivity index (χ2n) is 6.21. The number of ether oxygens (including phenoxy) is 2. The molecule has 0 heterocycles. The van der Waals surface area contributed by atoms with Crippen molar-refractivity contribution in [2.75, 3.05) is 13.7 Å². The standard InChI is InChI=1S/C22H19BrClNO5S/c1-3-29-21-13-15(14-25-17-6-8-18(28-2)9-7-17)12-20(23)22(21)30-31(26,27)19-10-4-16(24)5-11-19/h4-14H,3H2,1-2H3. The van der Waals surface area contributed by atoms with E-state index in [1.807, 2.05) is 24.3 Å². The summed E-state index contributed by atoms with van der Waals surface area (Å²) in [4.78, 5) is 4.41. The molecule has 0 amide bonds. The third-order valence-electron chi connectivity index (χ3n) is 4.06. The first kappa shape index (κ1) is 23.1. The first-order chi connectivity index (χ1) is 14.8. The van der Waals surface area contributed by atoms with E-state index in [9.17, 15) is 8.42 Å². The Morgan fingerprint density at radius 1 is 1.06 bits per heavy atom. The minimum absolute atomic E-state index is 0.0172. The van der Waals surface area contributed by atoms with E-state index >= 15 is 0 Å². The zero-order valence-corrected chi connectivity index (χ0v) is 19.9. The highest BCUT2D eigenvalue weighted by Gasteiger charge is 2.22. The van der Waals surface area contributed by atoms with Crippen LogP contribution < -0.4 is 13.7 Å². The fraction of sp³-hybridized carbons (Fsp3) is 0.136. The number of benzene rings is 3. The number of nitrogens with zero attached hydrogens (tertiary/aromatic N) is 1. The Morgan fingerprint density at radius 3 is 2.35 bits per heavy atom. The Balaban J connectivity index is 1.91. The van der Waals surface area contributed by atoms with Crippen LogP contribution >= 0.6 is 27.5 Å². The molecule has 0 atom stereocenters. The van der Waals surface area contributed by atoms with E-state index in [4.69, 9.17) is 25.3 Å². The third-order valence-corrected chi connectivity index (χ3v) is 6.14. The average molecular weight is 525 g/mol. The minimum Gasteiger partial charge on any atom is -0.497 e. The highest BCUT2D eigenvalue weighted by atomic mass is 79.9. The molecule has 0 spiro atoms. The maximum Gasteiger partial charge on any atom is 0.339 e. The zero-order chi connectivity index (χ0) is 22.4. The lowest BCUT2D eigenvalue weighted by Gasteiger charge is -2.14. The van der Waals surface area contributed by atoms with Crippen LogP contribution in [0.15, 0.2) is 75.0 Å². The topological polar surface area (TPSA) is 74.2 Å². The molecular weight excluding hydrogens is 506 g/mol. The van der Waals surface area contributed by atoms with Crippen LogP contribution in [0.2, 0.25) is 5.02 Å². The largest absolute Gasteiger partial charge is 0.497 e. The lowest BCUT2D eigenvalue weighted by Crippen LogP contribution is -2.11. The molecule has 0 radical (unpaired) electrons. The predicted octanol–water partition coefficient (Wildman–Crippen LogP) is 6.03. The molecule has 0 N–H and O–H groups in total. The number of halogens is 2. The summed E-state index contributed by atoms with van der Waals surface area (Å²) < 4.78 is 41.9. The molecule has 0 saturated heterocycles. The molecule has 3 aromatic rings. The van der Waals surface area contributed by atoms with Crippen LogP contribution in [0.4, 0.5) is 5.69 Å². The van der Waals surface area contributed by atoms with Crippen LogP contribution in [0.25, 0.3) is 0 Å². The first-order valence-electron chi connectivity index (χ1n) is 9.17. The Morgan fingerprint density at radius 2 is 1.74 bits per heavy atom. The van der Waals surface area contributed by atoms with E-state index in [1.54, 1.807) is 32.4 Å². The Kier molecular flexibility index (Phi) is 7.59. The number of aliphatic imine (C=N–C) groups is 1. The fourth-order valence-electron chi connectivity index (χ4n) is 2.58. The van der Waals surface area contributed by atoms with E-state index in [0.29, 0.717) is 21.7 Å². The molecule has 9 heteroatoms. The van der Waals surface area contributed by atoms with Gasteiger partial charge >= 0.3 is 10.1 Å². The molecule has 6 nitrogen and oxygen atoms in total. The zero-order valence-electron chi connectivity index (χ0n) is 16.7. The van der Waals surface area contributed by atoms with Crippen LogP contribution in [0.1, 0.15) is 12.5 Å². The smallest absolute Gasteiger partial charge is 0.339 e. The van der Waals surface area contributed by atoms with Gasteiger partial charge in [0.05, 0.1) is 23.9 Å². The fourth-order valence-corrected chi connectivity index (χ4v) is 4.31. The number of methoxy groups -OCH3 is 1. The second kappa shape index (κ2) is 10.2. The lowest BCUT2D eigenvalue weighted by molar-refractivity contribution is 0.327. The summed E-state index contributed by atoms with van der Waals surface area (Å²) in [5.41, 5.74) is 1.43. The maximum absolute atomic E-state index is 12.7. The summed E-state index contributed by atoms with van der Waals surface area (Å²) in [7, 11) is -2.48.